The van der Waals surface area contributed by atoms with Crippen LogP contribution in [-0.2, 0) is 11.0 Å². The molecule has 6 heteroatoms. The second kappa shape index (κ2) is 6.69. The molecule has 0 aliphatic carbocycles. The van der Waals surface area contributed by atoms with Gasteiger partial charge in [0.15, 0.2) is 0 Å². The molecule has 1 aromatic rings. The molecule has 0 bridgehead atoms. The number of hydrogen-bond donors (Lipinski definition) is 2. The number of halogens is 3. The van der Waals surface area contributed by atoms with Gasteiger partial charge in [-0.15, -0.1) is 0 Å². The lowest BCUT2D eigenvalue weighted by molar-refractivity contribution is -0.137. The Hall–Kier alpha value is -1.56. The van der Waals surface area contributed by atoms with Crippen molar-refractivity contribution in [1.29, 1.82) is 0 Å². The molecule has 0 fully saturated rings. The molecule has 22 heavy (non-hydrogen) atoms. The summed E-state index contributed by atoms with van der Waals surface area (Å²) in [7, 11) is 0. The number of nitrogens with two attached hydrogens (primary N) is 1. The largest absolute Gasteiger partial charge is 0.416 e. The van der Waals surface area contributed by atoms with Gasteiger partial charge in [0, 0.05) is 12.5 Å². The highest BCUT2D eigenvalue weighted by molar-refractivity contribution is 5.79. The minimum atomic E-state index is -4.41. The molecule has 1 aromatic carbocycles. The van der Waals surface area contributed by atoms with E-state index in [1.165, 1.54) is 6.07 Å². The van der Waals surface area contributed by atoms with Crippen LogP contribution in [0.2, 0.25) is 0 Å². The first-order valence-corrected chi connectivity index (χ1v) is 7.14. The number of nitrogens with one attached hydrogen (secondary N) is 1. The zero-order valence-electron chi connectivity index (χ0n) is 13.3. The third-order valence-corrected chi connectivity index (χ3v) is 3.50. The standard InChI is InChI=1S/C16H23F3N2O/c1-10(9-20)14(22)21-13(15(2,3)4)11-6-5-7-12(8-11)16(17,18)19/h5-8,10,13H,9,20H2,1-4H3,(H,21,22). The van der Waals surface area contributed by atoms with E-state index in [0.29, 0.717) is 5.56 Å². The van der Waals surface area contributed by atoms with Crippen molar-refractivity contribution in [3.8, 4) is 0 Å². The molecule has 3 nitrogen and oxygen atoms in total. The summed E-state index contributed by atoms with van der Waals surface area (Å²) in [5.74, 6) is -0.657. The molecular weight excluding hydrogens is 293 g/mol. The second-order valence-electron chi connectivity index (χ2n) is 6.57. The molecule has 0 aromatic heterocycles. The van der Waals surface area contributed by atoms with Gasteiger partial charge in [0.2, 0.25) is 5.91 Å². The van der Waals surface area contributed by atoms with Gasteiger partial charge in [-0.2, -0.15) is 13.2 Å². The number of hydrogen-bond acceptors (Lipinski definition) is 2. The van der Waals surface area contributed by atoms with Crippen molar-refractivity contribution < 1.29 is 18.0 Å². The topological polar surface area (TPSA) is 55.1 Å². The maximum Gasteiger partial charge on any atom is 0.416 e. The molecule has 1 amide bonds. The summed E-state index contributed by atoms with van der Waals surface area (Å²) in [5, 5.41) is 2.82. The molecule has 0 saturated carbocycles. The number of rotatable bonds is 4. The predicted molar refractivity (Wildman–Crippen MR) is 80.0 cm³/mol. The maximum atomic E-state index is 12.9. The fourth-order valence-electron chi connectivity index (χ4n) is 2.09. The summed E-state index contributed by atoms with van der Waals surface area (Å²) < 4.78 is 38.6. The Labute approximate surface area is 129 Å². The molecule has 3 N–H and O–H groups in total. The number of carbonyl (C=O) groups excluding carboxylic acids is 1. The lowest BCUT2D eigenvalue weighted by atomic mass is 9.81. The molecule has 0 radical (unpaired) electrons. The highest BCUT2D eigenvalue weighted by atomic mass is 19.4. The fraction of sp³-hybridized carbons (Fsp3) is 0.562. The molecule has 1 rings (SSSR count). The van der Waals surface area contributed by atoms with Crippen LogP contribution in [0.25, 0.3) is 0 Å². The summed E-state index contributed by atoms with van der Waals surface area (Å²) in [5.41, 5.74) is 4.74. The molecule has 0 heterocycles. The van der Waals surface area contributed by atoms with Crippen molar-refractivity contribution in [3.05, 3.63) is 35.4 Å². The van der Waals surface area contributed by atoms with Crippen LogP contribution in [0.1, 0.15) is 44.9 Å². The Kier molecular flexibility index (Phi) is 5.62. The molecule has 124 valence electrons. The van der Waals surface area contributed by atoms with Gasteiger partial charge in [-0.1, -0.05) is 39.8 Å². The smallest absolute Gasteiger partial charge is 0.348 e. The van der Waals surface area contributed by atoms with Crippen molar-refractivity contribution in [2.75, 3.05) is 6.54 Å². The number of alkyl halides is 3. The third-order valence-electron chi connectivity index (χ3n) is 3.50. The number of carbonyl (C=O) groups is 1. The lowest BCUT2D eigenvalue weighted by Crippen LogP contribution is -2.41. The van der Waals surface area contributed by atoms with Crippen molar-refractivity contribution in [1.82, 2.24) is 5.32 Å². The summed E-state index contributed by atoms with van der Waals surface area (Å²) >= 11 is 0. The van der Waals surface area contributed by atoms with Gasteiger partial charge in [0.1, 0.15) is 0 Å². The van der Waals surface area contributed by atoms with Gasteiger partial charge in [-0.05, 0) is 23.1 Å². The molecule has 0 aliphatic rings. The third kappa shape index (κ3) is 4.73. The molecule has 2 atom stereocenters. The van der Waals surface area contributed by atoms with E-state index in [0.717, 1.165) is 12.1 Å². The van der Waals surface area contributed by atoms with Crippen molar-refractivity contribution >= 4 is 5.91 Å². The van der Waals surface area contributed by atoms with E-state index >= 15 is 0 Å². The summed E-state index contributed by atoms with van der Waals surface area (Å²) in [4.78, 5) is 12.1. The molecule has 0 aliphatic heterocycles. The summed E-state index contributed by atoms with van der Waals surface area (Å²) in [6.07, 6.45) is -4.41. The van der Waals surface area contributed by atoms with Gasteiger partial charge in [0.25, 0.3) is 0 Å². The number of benzene rings is 1. The van der Waals surface area contributed by atoms with Crippen molar-refractivity contribution in [3.63, 3.8) is 0 Å². The van der Waals surface area contributed by atoms with Gasteiger partial charge in [-0.3, -0.25) is 4.79 Å². The second-order valence-corrected chi connectivity index (χ2v) is 6.57. The average Bonchev–Trinajstić information content (AvgIpc) is 2.41. The Bertz CT molecular complexity index is 521. The van der Waals surface area contributed by atoms with Crippen LogP contribution >= 0.6 is 0 Å². The Balaban J connectivity index is 3.16. The monoisotopic (exact) mass is 316 g/mol. The van der Waals surface area contributed by atoms with E-state index in [9.17, 15) is 18.0 Å². The van der Waals surface area contributed by atoms with E-state index in [1.807, 2.05) is 20.8 Å². The highest BCUT2D eigenvalue weighted by Gasteiger charge is 2.33. The first-order valence-electron chi connectivity index (χ1n) is 7.14. The van der Waals surface area contributed by atoms with Crippen LogP contribution in [0, 0.1) is 11.3 Å². The first kappa shape index (κ1) is 18.5. The SMILES string of the molecule is CC(CN)C(=O)NC(c1cccc(C(F)(F)F)c1)C(C)(C)C. The van der Waals surface area contributed by atoms with Crippen LogP contribution in [0.15, 0.2) is 24.3 Å². The average molecular weight is 316 g/mol. The van der Waals surface area contributed by atoms with E-state index in [2.05, 4.69) is 5.32 Å². The van der Waals surface area contributed by atoms with Crippen LogP contribution < -0.4 is 11.1 Å². The maximum absolute atomic E-state index is 12.9. The van der Waals surface area contributed by atoms with Gasteiger partial charge in [0.05, 0.1) is 11.6 Å². The van der Waals surface area contributed by atoms with E-state index in [1.54, 1.807) is 13.0 Å². The zero-order chi connectivity index (χ0) is 17.1. The van der Waals surface area contributed by atoms with Gasteiger partial charge in [-0.25, -0.2) is 0 Å². The van der Waals surface area contributed by atoms with Gasteiger partial charge < -0.3 is 11.1 Å². The normalized spacial score (nSPS) is 15.3. The van der Waals surface area contributed by atoms with E-state index in [-0.39, 0.29) is 12.5 Å². The first-order chi connectivity index (χ1) is 9.96. The quantitative estimate of drug-likeness (QED) is 0.893. The lowest BCUT2D eigenvalue weighted by Gasteiger charge is -2.33. The minimum Gasteiger partial charge on any atom is -0.348 e. The summed E-state index contributed by atoms with van der Waals surface area (Å²) in [6.45, 7) is 7.47. The molecule has 0 spiro atoms. The van der Waals surface area contributed by atoms with Gasteiger partial charge >= 0.3 is 6.18 Å². The summed E-state index contributed by atoms with van der Waals surface area (Å²) in [6, 6.07) is 4.53. The molecule has 2 unspecified atom stereocenters. The molecular formula is C16H23F3N2O. The van der Waals surface area contributed by atoms with Crippen molar-refractivity contribution in [2.24, 2.45) is 17.1 Å². The highest BCUT2D eigenvalue weighted by Crippen LogP contribution is 2.36. The number of amides is 1. The molecule has 0 saturated heterocycles. The van der Waals surface area contributed by atoms with Crippen LogP contribution in [0.4, 0.5) is 13.2 Å². The van der Waals surface area contributed by atoms with Crippen LogP contribution in [0.3, 0.4) is 0 Å². The Morgan fingerprint density at radius 3 is 2.32 bits per heavy atom. The van der Waals surface area contributed by atoms with Crippen molar-refractivity contribution in [2.45, 2.75) is 39.9 Å². The Morgan fingerprint density at radius 2 is 1.86 bits per heavy atom. The van der Waals surface area contributed by atoms with Crippen LogP contribution in [0.5, 0.6) is 0 Å². The fourth-order valence-corrected chi connectivity index (χ4v) is 2.09. The predicted octanol–water partition coefficient (Wildman–Crippen LogP) is 3.50. The van der Waals surface area contributed by atoms with Crippen LogP contribution in [-0.4, -0.2) is 12.5 Å². The zero-order valence-corrected chi connectivity index (χ0v) is 13.3. The van der Waals surface area contributed by atoms with E-state index in [4.69, 9.17) is 5.73 Å². The minimum absolute atomic E-state index is 0.186. The van der Waals surface area contributed by atoms with E-state index < -0.39 is 29.1 Å². The Morgan fingerprint density at radius 1 is 1.27 bits per heavy atom.